The van der Waals surface area contributed by atoms with Gasteiger partial charge in [-0.15, -0.1) is 10.2 Å². The Morgan fingerprint density at radius 3 is 3.10 bits per heavy atom. The Balaban J connectivity index is 1.48. The third-order valence-corrected chi connectivity index (χ3v) is 4.89. The van der Waals surface area contributed by atoms with Crippen LogP contribution in [-0.4, -0.2) is 44.2 Å². The van der Waals surface area contributed by atoms with Crippen LogP contribution in [0.15, 0.2) is 6.33 Å². The minimum absolute atomic E-state index is 0.0743. The molecule has 108 valence electrons. The largest absolute Gasteiger partial charge is 0.332 e. The van der Waals surface area contributed by atoms with Crippen molar-refractivity contribution in [2.75, 3.05) is 6.54 Å². The lowest BCUT2D eigenvalue weighted by molar-refractivity contribution is -0.135. The van der Waals surface area contributed by atoms with Gasteiger partial charge in [-0.05, 0) is 12.8 Å². The summed E-state index contributed by atoms with van der Waals surface area (Å²) < 4.78 is 2.02. The molecule has 1 saturated carbocycles. The maximum absolute atomic E-state index is 12.8. The van der Waals surface area contributed by atoms with E-state index in [1.807, 2.05) is 9.47 Å². The summed E-state index contributed by atoms with van der Waals surface area (Å²) in [6, 6.07) is 0.390. The number of carbonyl (C=O) groups excluding carboxylic acids is 1. The Labute approximate surface area is 117 Å². The van der Waals surface area contributed by atoms with E-state index in [1.165, 1.54) is 19.3 Å². The number of nitrogens with one attached hydrogen (secondary N) is 2. The second-order valence-electron chi connectivity index (χ2n) is 6.02. The predicted molar refractivity (Wildman–Crippen MR) is 71.2 cm³/mol. The number of carbonyl (C=O) groups is 1. The van der Waals surface area contributed by atoms with Gasteiger partial charge in [0.25, 0.3) is 0 Å². The molecule has 2 N–H and O–H groups in total. The van der Waals surface area contributed by atoms with Gasteiger partial charge in [-0.25, -0.2) is 5.43 Å². The highest BCUT2D eigenvalue weighted by Gasteiger charge is 2.42. The standard InChI is InChI=1S/C13H20N6O/c20-13(12-9-3-1-2-4-10(9)15-17-12)18-5-6-19-8-14-16-11(19)7-18/h8-10,12,15,17H,1-7H2. The summed E-state index contributed by atoms with van der Waals surface area (Å²) in [5.41, 5.74) is 6.54. The van der Waals surface area contributed by atoms with Crippen LogP contribution in [0, 0.1) is 5.92 Å². The van der Waals surface area contributed by atoms with Crippen molar-refractivity contribution in [2.45, 2.75) is 50.9 Å². The van der Waals surface area contributed by atoms with E-state index in [0.717, 1.165) is 25.3 Å². The zero-order valence-corrected chi connectivity index (χ0v) is 11.5. The van der Waals surface area contributed by atoms with Crippen molar-refractivity contribution < 1.29 is 4.79 Å². The van der Waals surface area contributed by atoms with E-state index in [2.05, 4.69) is 21.0 Å². The number of hydrogen-bond donors (Lipinski definition) is 2. The molecule has 0 bridgehead atoms. The Morgan fingerprint density at radius 1 is 1.25 bits per heavy atom. The monoisotopic (exact) mass is 276 g/mol. The number of hydrazine groups is 1. The lowest BCUT2D eigenvalue weighted by Gasteiger charge is -2.32. The van der Waals surface area contributed by atoms with Gasteiger partial charge in [0.1, 0.15) is 12.4 Å². The van der Waals surface area contributed by atoms with Crippen molar-refractivity contribution in [1.29, 1.82) is 0 Å². The van der Waals surface area contributed by atoms with Crippen LogP contribution in [-0.2, 0) is 17.9 Å². The molecule has 1 amide bonds. The van der Waals surface area contributed by atoms with Crippen molar-refractivity contribution in [3.63, 3.8) is 0 Å². The van der Waals surface area contributed by atoms with E-state index in [0.29, 0.717) is 18.5 Å². The first-order valence-electron chi connectivity index (χ1n) is 7.49. The van der Waals surface area contributed by atoms with Gasteiger partial charge in [-0.2, -0.15) is 0 Å². The van der Waals surface area contributed by atoms with E-state index in [-0.39, 0.29) is 11.9 Å². The zero-order valence-electron chi connectivity index (χ0n) is 11.5. The van der Waals surface area contributed by atoms with E-state index in [9.17, 15) is 4.79 Å². The topological polar surface area (TPSA) is 75.1 Å². The number of rotatable bonds is 1. The van der Waals surface area contributed by atoms with E-state index in [1.54, 1.807) is 6.33 Å². The van der Waals surface area contributed by atoms with Crippen LogP contribution in [0.4, 0.5) is 0 Å². The minimum atomic E-state index is -0.0743. The fraction of sp³-hybridized carbons (Fsp3) is 0.769. The van der Waals surface area contributed by atoms with Crippen LogP contribution < -0.4 is 10.9 Å². The van der Waals surface area contributed by atoms with E-state index in [4.69, 9.17) is 0 Å². The molecular weight excluding hydrogens is 256 g/mol. The molecule has 3 unspecified atom stereocenters. The molecule has 3 aliphatic rings. The van der Waals surface area contributed by atoms with Gasteiger partial charge in [-0.1, -0.05) is 12.8 Å². The minimum Gasteiger partial charge on any atom is -0.332 e. The molecule has 1 aromatic heterocycles. The lowest BCUT2D eigenvalue weighted by atomic mass is 9.81. The molecule has 7 heteroatoms. The number of fused-ring (bicyclic) bond motifs is 2. The molecule has 3 atom stereocenters. The first kappa shape index (κ1) is 12.3. The first-order chi connectivity index (χ1) is 9.83. The van der Waals surface area contributed by atoms with Crippen molar-refractivity contribution in [2.24, 2.45) is 5.92 Å². The van der Waals surface area contributed by atoms with Crippen molar-refractivity contribution in [3.8, 4) is 0 Å². The number of nitrogens with zero attached hydrogens (tertiary/aromatic N) is 4. The number of amides is 1. The molecule has 4 rings (SSSR count). The second kappa shape index (κ2) is 4.82. The molecule has 0 radical (unpaired) electrons. The summed E-state index contributed by atoms with van der Waals surface area (Å²) in [5, 5.41) is 7.99. The van der Waals surface area contributed by atoms with Gasteiger partial charge in [0.2, 0.25) is 5.91 Å². The van der Waals surface area contributed by atoms with Crippen LogP contribution in [0.1, 0.15) is 31.5 Å². The summed E-state index contributed by atoms with van der Waals surface area (Å²) in [4.78, 5) is 14.7. The Kier molecular flexibility index (Phi) is 2.96. The fourth-order valence-corrected chi connectivity index (χ4v) is 3.74. The van der Waals surface area contributed by atoms with Crippen molar-refractivity contribution in [3.05, 3.63) is 12.2 Å². The zero-order chi connectivity index (χ0) is 13.5. The average molecular weight is 276 g/mol. The SMILES string of the molecule is O=C(C1NNC2CCCCC21)N1CCn2cnnc2C1. The van der Waals surface area contributed by atoms with Gasteiger partial charge >= 0.3 is 0 Å². The fourth-order valence-electron chi connectivity index (χ4n) is 3.74. The average Bonchev–Trinajstić information content (AvgIpc) is 3.12. The molecule has 3 heterocycles. The molecular formula is C13H20N6O. The van der Waals surface area contributed by atoms with Crippen LogP contribution in [0.3, 0.4) is 0 Å². The van der Waals surface area contributed by atoms with Gasteiger partial charge in [0.15, 0.2) is 5.82 Å². The second-order valence-corrected chi connectivity index (χ2v) is 6.02. The van der Waals surface area contributed by atoms with Gasteiger partial charge < -0.3 is 9.47 Å². The third kappa shape index (κ3) is 1.92. The van der Waals surface area contributed by atoms with Crippen LogP contribution >= 0.6 is 0 Å². The predicted octanol–water partition coefficient (Wildman–Crippen LogP) is -0.344. The molecule has 1 aromatic rings. The Hall–Kier alpha value is -1.47. The first-order valence-corrected chi connectivity index (χ1v) is 7.49. The molecule has 0 aromatic carbocycles. The highest BCUT2D eigenvalue weighted by molar-refractivity contribution is 5.82. The van der Waals surface area contributed by atoms with E-state index < -0.39 is 0 Å². The van der Waals surface area contributed by atoms with E-state index >= 15 is 0 Å². The summed E-state index contributed by atoms with van der Waals surface area (Å²) in [6.07, 6.45) is 6.57. The maximum Gasteiger partial charge on any atom is 0.241 e. The maximum atomic E-state index is 12.8. The molecule has 1 saturated heterocycles. The van der Waals surface area contributed by atoms with Crippen molar-refractivity contribution >= 4 is 5.91 Å². The lowest BCUT2D eigenvalue weighted by Crippen LogP contribution is -2.50. The molecule has 1 aliphatic carbocycles. The van der Waals surface area contributed by atoms with Gasteiger partial charge in [0.05, 0.1) is 6.54 Å². The van der Waals surface area contributed by atoms with Crippen LogP contribution in [0.5, 0.6) is 0 Å². The highest BCUT2D eigenvalue weighted by atomic mass is 16.2. The smallest absolute Gasteiger partial charge is 0.241 e. The summed E-state index contributed by atoms with van der Waals surface area (Å²) >= 11 is 0. The summed E-state index contributed by atoms with van der Waals surface area (Å²) in [7, 11) is 0. The molecule has 2 fully saturated rings. The Morgan fingerprint density at radius 2 is 2.15 bits per heavy atom. The van der Waals surface area contributed by atoms with Crippen molar-refractivity contribution in [1.82, 2.24) is 30.5 Å². The molecule has 0 spiro atoms. The van der Waals surface area contributed by atoms with Crippen LogP contribution in [0.25, 0.3) is 0 Å². The number of aromatic nitrogens is 3. The highest BCUT2D eigenvalue weighted by Crippen LogP contribution is 2.31. The van der Waals surface area contributed by atoms with Crippen LogP contribution in [0.2, 0.25) is 0 Å². The summed E-state index contributed by atoms with van der Waals surface area (Å²) in [5.74, 6) is 1.54. The quantitative estimate of drug-likeness (QED) is 0.734. The number of hydrogen-bond acceptors (Lipinski definition) is 5. The molecule has 20 heavy (non-hydrogen) atoms. The Bertz CT molecular complexity index is 515. The van der Waals surface area contributed by atoms with Gasteiger partial charge in [0, 0.05) is 25.0 Å². The third-order valence-electron chi connectivity index (χ3n) is 4.89. The van der Waals surface area contributed by atoms with Gasteiger partial charge in [-0.3, -0.25) is 10.2 Å². The normalized spacial score (nSPS) is 32.8. The summed E-state index contributed by atoms with van der Waals surface area (Å²) in [6.45, 7) is 2.12. The molecule has 7 nitrogen and oxygen atoms in total. The molecule has 2 aliphatic heterocycles.